The van der Waals surface area contributed by atoms with E-state index in [1.165, 1.54) is 17.8 Å². The van der Waals surface area contributed by atoms with Crippen LogP contribution in [0.15, 0.2) is 34.9 Å². The summed E-state index contributed by atoms with van der Waals surface area (Å²) in [5.41, 5.74) is 11.4. The van der Waals surface area contributed by atoms with Gasteiger partial charge in [0.2, 0.25) is 5.95 Å². The third kappa shape index (κ3) is 8.76. The summed E-state index contributed by atoms with van der Waals surface area (Å²) in [6.45, 7) is 2.19. The Kier molecular flexibility index (Phi) is 12.0. The average Bonchev–Trinajstić information content (AvgIpc) is 3.70. The summed E-state index contributed by atoms with van der Waals surface area (Å²) in [7, 11) is 1.15. The van der Waals surface area contributed by atoms with E-state index in [2.05, 4.69) is 30.1 Å². The SMILES string of the molecule is CCOC1CCC(n2cc(NC(=O)c3csc(C(/C=N/COC(=O)C[C@@H](N)C(=O)OC)=C/N)n3)c(-c3nc(F)ccc3F)n2)CC1. The maximum atomic E-state index is 14.8. The van der Waals surface area contributed by atoms with E-state index in [4.69, 9.17) is 20.9 Å². The number of hydrogen-bond donors (Lipinski definition) is 3. The van der Waals surface area contributed by atoms with E-state index in [-0.39, 0.29) is 48.1 Å². The van der Waals surface area contributed by atoms with Gasteiger partial charge >= 0.3 is 11.9 Å². The van der Waals surface area contributed by atoms with Crippen molar-refractivity contribution in [3.8, 4) is 11.4 Å². The minimum Gasteiger partial charge on any atom is -0.468 e. The van der Waals surface area contributed by atoms with Crippen molar-refractivity contribution < 1.29 is 37.4 Å². The average molecular weight is 661 g/mol. The number of nitrogens with one attached hydrogen (secondary N) is 1. The Morgan fingerprint density at radius 2 is 1.96 bits per heavy atom. The Bertz CT molecular complexity index is 1600. The highest BCUT2D eigenvalue weighted by Crippen LogP contribution is 2.34. The maximum absolute atomic E-state index is 14.8. The quantitative estimate of drug-likeness (QED) is 0.138. The number of allylic oxidation sites excluding steroid dienone is 1. The fourth-order valence-corrected chi connectivity index (χ4v) is 5.52. The molecule has 3 aromatic heterocycles. The molecule has 1 aliphatic carbocycles. The second-order valence-corrected chi connectivity index (χ2v) is 11.0. The van der Waals surface area contributed by atoms with Crippen LogP contribution in [0.25, 0.3) is 17.0 Å². The summed E-state index contributed by atoms with van der Waals surface area (Å²) >= 11 is 1.09. The third-order valence-corrected chi connectivity index (χ3v) is 7.91. The smallest absolute Gasteiger partial charge is 0.323 e. The van der Waals surface area contributed by atoms with Crippen LogP contribution in [0, 0.1) is 11.8 Å². The fraction of sp³-hybridized carbons (Fsp3) is 0.414. The first-order chi connectivity index (χ1) is 22.1. The number of nitrogens with two attached hydrogens (primary N) is 2. The lowest BCUT2D eigenvalue weighted by molar-refractivity contribution is -0.150. The molecule has 0 unspecified atom stereocenters. The van der Waals surface area contributed by atoms with Crippen LogP contribution in [-0.2, 0) is 23.8 Å². The number of carbonyl (C=O) groups is 3. The van der Waals surface area contributed by atoms with Crippen molar-refractivity contribution in [2.24, 2.45) is 16.5 Å². The first-order valence-corrected chi connectivity index (χ1v) is 15.2. The molecule has 3 aromatic rings. The molecular weight excluding hydrogens is 626 g/mol. The van der Waals surface area contributed by atoms with Gasteiger partial charge in [-0.25, -0.2) is 14.4 Å². The Morgan fingerprint density at radius 3 is 2.65 bits per heavy atom. The van der Waals surface area contributed by atoms with Crippen molar-refractivity contribution in [3.63, 3.8) is 0 Å². The molecule has 4 rings (SSSR count). The number of halogens is 2. The molecule has 14 nitrogen and oxygen atoms in total. The van der Waals surface area contributed by atoms with Gasteiger partial charge in [0.25, 0.3) is 5.91 Å². The monoisotopic (exact) mass is 660 g/mol. The summed E-state index contributed by atoms with van der Waals surface area (Å²) in [5.74, 6) is -3.83. The van der Waals surface area contributed by atoms with Crippen LogP contribution >= 0.6 is 11.3 Å². The summed E-state index contributed by atoms with van der Waals surface area (Å²) in [6, 6.07) is 0.652. The van der Waals surface area contributed by atoms with Gasteiger partial charge in [-0.3, -0.25) is 24.1 Å². The zero-order valence-corrected chi connectivity index (χ0v) is 26.0. The second-order valence-electron chi connectivity index (χ2n) is 10.1. The minimum atomic E-state index is -1.16. The normalized spacial score (nSPS) is 17.5. The standard InChI is InChI=1S/C29H34F2N8O6S/c1-3-44-18-6-4-17(5-7-18)39-13-21(26(38-39)25-19(30)8-9-23(31)37-25)35-27(41)22-14-46-28(36-22)16(11-32)12-34-15-45-24(40)10-20(33)29(42)43-2/h8-9,11-14,17-18,20H,3-7,10,15,32-33H2,1-2H3,(H,35,41)/b16-11+,34-12+/t17?,18?,20-/m1/s1. The molecule has 1 fully saturated rings. The van der Waals surface area contributed by atoms with Crippen molar-refractivity contribution in [2.75, 3.05) is 25.8 Å². The summed E-state index contributed by atoms with van der Waals surface area (Å²) < 4.78 is 45.6. The van der Waals surface area contributed by atoms with Crippen LogP contribution in [0.3, 0.4) is 0 Å². The van der Waals surface area contributed by atoms with E-state index in [0.717, 1.165) is 56.3 Å². The topological polar surface area (TPSA) is 199 Å². The molecule has 1 atom stereocenters. The maximum Gasteiger partial charge on any atom is 0.323 e. The van der Waals surface area contributed by atoms with E-state index in [0.29, 0.717) is 17.2 Å². The number of rotatable bonds is 13. The van der Waals surface area contributed by atoms with E-state index in [9.17, 15) is 23.2 Å². The summed E-state index contributed by atoms with van der Waals surface area (Å²) in [6.07, 6.45) is 6.99. The molecule has 5 N–H and O–H groups in total. The van der Waals surface area contributed by atoms with Gasteiger partial charge in [-0.15, -0.1) is 11.3 Å². The van der Waals surface area contributed by atoms with E-state index >= 15 is 0 Å². The number of thiazole rings is 1. The molecular formula is C29H34F2N8O6S. The number of carbonyl (C=O) groups excluding carboxylic acids is 3. The number of methoxy groups -OCH3 is 1. The molecule has 0 aromatic carbocycles. The molecule has 0 bridgehead atoms. The number of ether oxygens (including phenoxy) is 3. The Labute approximate surface area is 266 Å². The number of pyridine rings is 1. The van der Waals surface area contributed by atoms with Crippen molar-refractivity contribution in [2.45, 2.75) is 57.2 Å². The number of amides is 1. The highest BCUT2D eigenvalue weighted by atomic mass is 32.1. The van der Waals surface area contributed by atoms with Gasteiger partial charge < -0.3 is 31.0 Å². The number of aromatic nitrogens is 4. The van der Waals surface area contributed by atoms with Crippen LogP contribution in [0.1, 0.15) is 60.6 Å². The van der Waals surface area contributed by atoms with Gasteiger partial charge in [0, 0.05) is 36.2 Å². The van der Waals surface area contributed by atoms with Gasteiger partial charge in [-0.1, -0.05) is 0 Å². The number of nitrogens with zero attached hydrogens (tertiary/aromatic N) is 5. The predicted octanol–water partition coefficient (Wildman–Crippen LogP) is 3.21. The lowest BCUT2D eigenvalue weighted by Crippen LogP contribution is -2.34. The fourth-order valence-electron chi connectivity index (χ4n) is 4.73. The van der Waals surface area contributed by atoms with E-state index < -0.39 is 35.7 Å². The van der Waals surface area contributed by atoms with Gasteiger partial charge in [-0.05, 0) is 44.7 Å². The number of anilines is 1. The van der Waals surface area contributed by atoms with Gasteiger partial charge in [0.05, 0.1) is 31.4 Å². The van der Waals surface area contributed by atoms with Crippen molar-refractivity contribution >= 4 is 46.7 Å². The lowest BCUT2D eigenvalue weighted by atomic mass is 9.93. The van der Waals surface area contributed by atoms with Crippen LogP contribution in [0.5, 0.6) is 0 Å². The molecule has 0 saturated heterocycles. The number of hydrogen-bond acceptors (Lipinski definition) is 13. The molecule has 1 amide bonds. The van der Waals surface area contributed by atoms with Crippen molar-refractivity contribution in [3.05, 3.63) is 52.4 Å². The predicted molar refractivity (Wildman–Crippen MR) is 165 cm³/mol. The van der Waals surface area contributed by atoms with Crippen molar-refractivity contribution in [1.29, 1.82) is 0 Å². The minimum absolute atomic E-state index is 0.0135. The molecule has 0 radical (unpaired) electrons. The Balaban J connectivity index is 1.46. The van der Waals surface area contributed by atoms with Crippen LogP contribution in [-0.4, -0.2) is 76.4 Å². The molecule has 1 saturated carbocycles. The summed E-state index contributed by atoms with van der Waals surface area (Å²) in [4.78, 5) is 48.4. The van der Waals surface area contributed by atoms with Crippen LogP contribution in [0.4, 0.5) is 14.5 Å². The van der Waals surface area contributed by atoms with E-state index in [1.807, 2.05) is 6.92 Å². The zero-order chi connectivity index (χ0) is 33.2. The molecule has 3 heterocycles. The lowest BCUT2D eigenvalue weighted by Gasteiger charge is -2.28. The molecule has 246 valence electrons. The van der Waals surface area contributed by atoms with E-state index in [1.54, 1.807) is 10.9 Å². The molecule has 1 aliphatic rings. The van der Waals surface area contributed by atoms with Gasteiger partial charge in [0.15, 0.2) is 12.5 Å². The molecule has 46 heavy (non-hydrogen) atoms. The molecule has 17 heteroatoms. The van der Waals surface area contributed by atoms with Crippen LogP contribution in [0.2, 0.25) is 0 Å². The Morgan fingerprint density at radius 1 is 1.20 bits per heavy atom. The third-order valence-electron chi connectivity index (χ3n) is 7.02. The van der Waals surface area contributed by atoms with Gasteiger partial charge in [-0.2, -0.15) is 9.49 Å². The van der Waals surface area contributed by atoms with Crippen LogP contribution < -0.4 is 16.8 Å². The number of aliphatic imine (C=N–C) groups is 1. The molecule has 0 spiro atoms. The highest BCUT2D eigenvalue weighted by Gasteiger charge is 2.27. The largest absolute Gasteiger partial charge is 0.468 e. The van der Waals surface area contributed by atoms with Crippen molar-refractivity contribution in [1.82, 2.24) is 19.7 Å². The zero-order valence-electron chi connectivity index (χ0n) is 25.2. The Hall–Kier alpha value is -4.61. The number of esters is 2. The molecule has 0 aliphatic heterocycles. The van der Waals surface area contributed by atoms with Gasteiger partial charge in [0.1, 0.15) is 28.1 Å². The first kappa shape index (κ1) is 34.3. The second kappa shape index (κ2) is 16.1. The first-order valence-electron chi connectivity index (χ1n) is 14.3. The summed E-state index contributed by atoms with van der Waals surface area (Å²) in [5, 5.41) is 9.04. The highest BCUT2D eigenvalue weighted by molar-refractivity contribution is 7.11.